The zero-order valence-electron chi connectivity index (χ0n) is 13.0. The maximum absolute atomic E-state index is 14.3. The Labute approximate surface area is 155 Å². The molecule has 2 aromatic carbocycles. The van der Waals surface area contributed by atoms with Crippen LogP contribution in [0.5, 0.6) is 0 Å². The van der Waals surface area contributed by atoms with Gasteiger partial charge in [0.1, 0.15) is 35.0 Å². The summed E-state index contributed by atoms with van der Waals surface area (Å²) in [6, 6.07) is 10.5. The molecule has 9 heteroatoms. The number of nitrogens with zero attached hydrogens (tertiary/aromatic N) is 4. The molecule has 0 spiro atoms. The van der Waals surface area contributed by atoms with Crippen molar-refractivity contribution >= 4 is 33.8 Å². The maximum atomic E-state index is 14.3. The van der Waals surface area contributed by atoms with E-state index in [-0.39, 0.29) is 5.56 Å². The maximum Gasteiger partial charge on any atom is 0.189 e. The molecule has 0 bridgehead atoms. The van der Waals surface area contributed by atoms with Gasteiger partial charge in [0.2, 0.25) is 0 Å². The van der Waals surface area contributed by atoms with Crippen LogP contribution < -0.4 is 5.32 Å². The van der Waals surface area contributed by atoms with Gasteiger partial charge in [0.15, 0.2) is 5.13 Å². The van der Waals surface area contributed by atoms with E-state index in [1.165, 1.54) is 40.8 Å². The number of hydrogen-bond donors (Lipinski definition) is 1. The highest BCUT2D eigenvalue weighted by Crippen LogP contribution is 2.36. The van der Waals surface area contributed by atoms with Crippen molar-refractivity contribution in [1.29, 1.82) is 0 Å². The summed E-state index contributed by atoms with van der Waals surface area (Å²) in [7, 11) is 0. The van der Waals surface area contributed by atoms with E-state index in [0.717, 1.165) is 11.8 Å². The van der Waals surface area contributed by atoms with Crippen molar-refractivity contribution in [2.75, 3.05) is 5.32 Å². The highest BCUT2D eigenvalue weighted by Gasteiger charge is 2.19. The Morgan fingerprint density at radius 3 is 2.73 bits per heavy atom. The Hall–Kier alpha value is -2.84. The molecule has 2 heterocycles. The van der Waals surface area contributed by atoms with Gasteiger partial charge in [0.05, 0.1) is 0 Å². The van der Waals surface area contributed by atoms with Crippen molar-refractivity contribution in [2.45, 2.75) is 0 Å². The van der Waals surface area contributed by atoms with Gasteiger partial charge in [-0.25, -0.2) is 23.4 Å². The number of halogens is 3. The van der Waals surface area contributed by atoms with Crippen LogP contribution >= 0.6 is 22.9 Å². The van der Waals surface area contributed by atoms with E-state index < -0.39 is 11.6 Å². The van der Waals surface area contributed by atoms with Crippen molar-refractivity contribution in [3.63, 3.8) is 0 Å². The summed E-state index contributed by atoms with van der Waals surface area (Å²) in [6.45, 7) is 0. The highest BCUT2D eigenvalue weighted by molar-refractivity contribution is 7.18. The second kappa shape index (κ2) is 6.81. The second-order valence-electron chi connectivity index (χ2n) is 5.27. The van der Waals surface area contributed by atoms with Crippen LogP contribution in [0.4, 0.5) is 19.6 Å². The number of aromatic nitrogens is 4. The quantitative estimate of drug-likeness (QED) is 0.529. The van der Waals surface area contributed by atoms with E-state index in [9.17, 15) is 8.78 Å². The molecule has 4 rings (SSSR count). The molecule has 130 valence electrons. The van der Waals surface area contributed by atoms with Crippen molar-refractivity contribution in [1.82, 2.24) is 19.7 Å². The van der Waals surface area contributed by atoms with Gasteiger partial charge in [-0.3, -0.25) is 0 Å². The zero-order valence-corrected chi connectivity index (χ0v) is 14.6. The SMILES string of the molecule is Fc1ccc(-c2nc(Nc3cccc(Cl)c3)sc2-n2cncn2)c(F)c1. The van der Waals surface area contributed by atoms with Crippen LogP contribution in [0.3, 0.4) is 0 Å². The van der Waals surface area contributed by atoms with E-state index in [2.05, 4.69) is 20.4 Å². The van der Waals surface area contributed by atoms with Crippen molar-refractivity contribution < 1.29 is 8.78 Å². The fourth-order valence-electron chi connectivity index (χ4n) is 2.38. The van der Waals surface area contributed by atoms with Gasteiger partial charge in [-0.1, -0.05) is 29.0 Å². The molecule has 0 radical (unpaired) electrons. The molecular formula is C17H10ClF2N5S. The number of hydrogen-bond acceptors (Lipinski definition) is 5. The van der Waals surface area contributed by atoms with Crippen LogP contribution in [0.25, 0.3) is 16.3 Å². The van der Waals surface area contributed by atoms with Crippen molar-refractivity contribution in [3.8, 4) is 16.3 Å². The average molecular weight is 390 g/mol. The van der Waals surface area contributed by atoms with Crippen molar-refractivity contribution in [2.24, 2.45) is 0 Å². The average Bonchev–Trinajstić information content (AvgIpc) is 3.24. The first-order chi connectivity index (χ1) is 12.6. The van der Waals surface area contributed by atoms with Gasteiger partial charge >= 0.3 is 0 Å². The van der Waals surface area contributed by atoms with Crippen LogP contribution in [0.2, 0.25) is 5.02 Å². The lowest BCUT2D eigenvalue weighted by molar-refractivity contribution is 0.585. The lowest BCUT2D eigenvalue weighted by Crippen LogP contribution is -1.96. The summed E-state index contributed by atoms with van der Waals surface area (Å²) in [6.07, 6.45) is 2.86. The Bertz CT molecular complexity index is 1060. The third kappa shape index (κ3) is 3.29. The van der Waals surface area contributed by atoms with Crippen LogP contribution in [0, 0.1) is 11.6 Å². The van der Waals surface area contributed by atoms with E-state index >= 15 is 0 Å². The van der Waals surface area contributed by atoms with Crippen LogP contribution in [0.15, 0.2) is 55.1 Å². The smallest absolute Gasteiger partial charge is 0.189 e. The molecule has 0 aliphatic carbocycles. The van der Waals surface area contributed by atoms with Gasteiger partial charge in [0.25, 0.3) is 0 Å². The molecule has 0 aliphatic heterocycles. The molecule has 5 nitrogen and oxygen atoms in total. The van der Waals surface area contributed by atoms with Gasteiger partial charge in [-0.05, 0) is 30.3 Å². The molecule has 2 aromatic heterocycles. The largest absolute Gasteiger partial charge is 0.331 e. The molecule has 0 saturated heterocycles. The minimum Gasteiger partial charge on any atom is -0.331 e. The molecule has 0 fully saturated rings. The first kappa shape index (κ1) is 16.6. The Morgan fingerprint density at radius 1 is 1.12 bits per heavy atom. The van der Waals surface area contributed by atoms with Crippen molar-refractivity contribution in [3.05, 3.63) is 71.8 Å². The summed E-state index contributed by atoms with van der Waals surface area (Å²) in [5.74, 6) is -1.35. The molecule has 1 N–H and O–H groups in total. The monoisotopic (exact) mass is 389 g/mol. The zero-order chi connectivity index (χ0) is 18.1. The van der Waals surface area contributed by atoms with Crippen LogP contribution in [0.1, 0.15) is 0 Å². The van der Waals surface area contributed by atoms with E-state index in [1.54, 1.807) is 18.2 Å². The first-order valence-corrected chi connectivity index (χ1v) is 8.63. The molecule has 4 aromatic rings. The predicted octanol–water partition coefficient (Wildman–Crippen LogP) is 5.07. The molecule has 0 unspecified atom stereocenters. The first-order valence-electron chi connectivity index (χ1n) is 7.44. The Balaban J connectivity index is 1.80. The standard InChI is InChI=1S/C17H10ClF2N5S/c18-10-2-1-3-12(6-10)23-17-24-15(13-5-4-11(19)7-14(13)20)16(26-17)25-9-21-8-22-25/h1-9H,(H,23,24). The lowest BCUT2D eigenvalue weighted by atomic mass is 10.1. The molecular weight excluding hydrogens is 380 g/mol. The van der Waals surface area contributed by atoms with Gasteiger partial charge in [-0.2, -0.15) is 5.10 Å². The Kier molecular flexibility index (Phi) is 4.36. The molecule has 0 saturated carbocycles. The van der Waals surface area contributed by atoms with E-state index in [0.29, 0.717) is 20.8 Å². The molecule has 0 aliphatic rings. The minimum absolute atomic E-state index is 0.173. The third-order valence-corrected chi connectivity index (χ3v) is 4.69. The highest BCUT2D eigenvalue weighted by atomic mass is 35.5. The topological polar surface area (TPSA) is 55.6 Å². The van der Waals surface area contributed by atoms with Crippen LogP contribution in [-0.4, -0.2) is 19.7 Å². The minimum atomic E-state index is -0.703. The summed E-state index contributed by atoms with van der Waals surface area (Å²) in [5.41, 5.74) is 1.25. The summed E-state index contributed by atoms with van der Waals surface area (Å²) >= 11 is 7.26. The summed E-state index contributed by atoms with van der Waals surface area (Å²) in [5, 5.41) is 8.86. The summed E-state index contributed by atoms with van der Waals surface area (Å²) in [4.78, 5) is 8.38. The van der Waals surface area contributed by atoms with E-state index in [1.807, 2.05) is 6.07 Å². The lowest BCUT2D eigenvalue weighted by Gasteiger charge is -2.03. The fraction of sp³-hybridized carbons (Fsp3) is 0. The van der Waals surface area contributed by atoms with Crippen LogP contribution in [-0.2, 0) is 0 Å². The van der Waals surface area contributed by atoms with E-state index in [4.69, 9.17) is 11.6 Å². The Morgan fingerprint density at radius 2 is 2.00 bits per heavy atom. The second-order valence-corrected chi connectivity index (χ2v) is 6.69. The number of anilines is 2. The number of nitrogens with one attached hydrogen (secondary N) is 1. The number of rotatable bonds is 4. The summed E-state index contributed by atoms with van der Waals surface area (Å²) < 4.78 is 29.0. The molecule has 0 atom stereocenters. The third-order valence-electron chi connectivity index (χ3n) is 3.50. The van der Waals surface area contributed by atoms with Gasteiger partial charge in [-0.15, -0.1) is 0 Å². The number of thiazole rings is 1. The normalized spacial score (nSPS) is 10.9. The molecule has 0 amide bonds. The van der Waals surface area contributed by atoms with Gasteiger partial charge < -0.3 is 5.32 Å². The molecule has 26 heavy (non-hydrogen) atoms. The fourth-order valence-corrected chi connectivity index (χ4v) is 3.50. The number of benzene rings is 2. The van der Waals surface area contributed by atoms with Gasteiger partial charge in [0, 0.05) is 22.3 Å². The predicted molar refractivity (Wildman–Crippen MR) is 97.1 cm³/mol.